The molecule has 3 heterocycles. The molecular weight excluding hydrogens is 342 g/mol. The van der Waals surface area contributed by atoms with E-state index in [0.29, 0.717) is 23.1 Å². The first-order chi connectivity index (χ1) is 13.3. The topological polar surface area (TPSA) is 72.6 Å². The SMILES string of the molecule is CCOCC1CCCN(C(=O)c2ccc(-c3nnc4ncccn34)cc2)C1. The van der Waals surface area contributed by atoms with Crippen LogP contribution in [-0.4, -0.2) is 56.7 Å². The lowest BCUT2D eigenvalue weighted by Gasteiger charge is -2.32. The van der Waals surface area contributed by atoms with Gasteiger partial charge in [-0.15, -0.1) is 10.2 Å². The van der Waals surface area contributed by atoms with Crippen molar-refractivity contribution in [3.63, 3.8) is 0 Å². The summed E-state index contributed by atoms with van der Waals surface area (Å²) in [7, 11) is 0. The first-order valence-electron chi connectivity index (χ1n) is 9.39. The Balaban J connectivity index is 1.49. The Morgan fingerprint density at radius 1 is 1.26 bits per heavy atom. The number of aromatic nitrogens is 4. The number of rotatable bonds is 5. The lowest BCUT2D eigenvalue weighted by molar-refractivity contribution is 0.0501. The number of fused-ring (bicyclic) bond motifs is 1. The molecule has 0 spiro atoms. The molecule has 0 N–H and O–H groups in total. The number of hydrogen-bond donors (Lipinski definition) is 0. The summed E-state index contributed by atoms with van der Waals surface area (Å²) >= 11 is 0. The molecule has 4 rings (SSSR count). The van der Waals surface area contributed by atoms with Gasteiger partial charge in [-0.2, -0.15) is 0 Å². The fourth-order valence-corrected chi connectivity index (χ4v) is 3.55. The van der Waals surface area contributed by atoms with E-state index >= 15 is 0 Å². The highest BCUT2D eigenvalue weighted by molar-refractivity contribution is 5.94. The molecule has 1 aliphatic rings. The van der Waals surface area contributed by atoms with Gasteiger partial charge in [-0.25, -0.2) is 4.98 Å². The quantitative estimate of drug-likeness (QED) is 0.695. The Bertz CT molecular complexity index is 922. The van der Waals surface area contributed by atoms with E-state index < -0.39 is 0 Å². The maximum atomic E-state index is 12.9. The minimum Gasteiger partial charge on any atom is -0.381 e. The van der Waals surface area contributed by atoms with E-state index in [1.54, 1.807) is 6.20 Å². The number of benzene rings is 1. The number of hydrogen-bond acceptors (Lipinski definition) is 5. The van der Waals surface area contributed by atoms with Gasteiger partial charge in [-0.1, -0.05) is 12.1 Å². The molecule has 1 aromatic carbocycles. The van der Waals surface area contributed by atoms with Crippen molar-refractivity contribution in [2.45, 2.75) is 19.8 Å². The number of nitrogens with zero attached hydrogens (tertiary/aromatic N) is 5. The third kappa shape index (κ3) is 3.68. The monoisotopic (exact) mass is 365 g/mol. The molecule has 0 radical (unpaired) electrons. The van der Waals surface area contributed by atoms with Gasteiger partial charge in [0, 0.05) is 43.2 Å². The van der Waals surface area contributed by atoms with Crippen molar-refractivity contribution in [3.8, 4) is 11.4 Å². The average Bonchev–Trinajstić information content (AvgIpc) is 3.16. The molecule has 0 saturated carbocycles. The summed E-state index contributed by atoms with van der Waals surface area (Å²) in [5, 5.41) is 8.28. The molecule has 1 unspecified atom stereocenters. The number of piperidine rings is 1. The second-order valence-corrected chi connectivity index (χ2v) is 6.81. The van der Waals surface area contributed by atoms with Gasteiger partial charge in [0.2, 0.25) is 0 Å². The second kappa shape index (κ2) is 7.84. The molecule has 0 aliphatic carbocycles. The number of ether oxygens (including phenoxy) is 1. The number of amides is 1. The van der Waals surface area contributed by atoms with E-state index in [-0.39, 0.29) is 5.91 Å². The molecule has 7 nitrogen and oxygen atoms in total. The smallest absolute Gasteiger partial charge is 0.255 e. The lowest BCUT2D eigenvalue weighted by atomic mass is 9.98. The highest BCUT2D eigenvalue weighted by atomic mass is 16.5. The van der Waals surface area contributed by atoms with Crippen LogP contribution in [0.25, 0.3) is 17.2 Å². The van der Waals surface area contributed by atoms with Crippen molar-refractivity contribution in [2.75, 3.05) is 26.3 Å². The maximum Gasteiger partial charge on any atom is 0.255 e. The van der Waals surface area contributed by atoms with Gasteiger partial charge in [-0.3, -0.25) is 9.20 Å². The van der Waals surface area contributed by atoms with Crippen LogP contribution in [0.15, 0.2) is 42.7 Å². The van der Waals surface area contributed by atoms with E-state index in [2.05, 4.69) is 15.2 Å². The summed E-state index contributed by atoms with van der Waals surface area (Å²) in [6.07, 6.45) is 5.72. The van der Waals surface area contributed by atoms with E-state index in [0.717, 1.165) is 44.7 Å². The number of likely N-dealkylation sites (tertiary alicyclic amines) is 1. The van der Waals surface area contributed by atoms with Gasteiger partial charge in [0.1, 0.15) is 0 Å². The van der Waals surface area contributed by atoms with Gasteiger partial charge >= 0.3 is 0 Å². The van der Waals surface area contributed by atoms with Crippen LogP contribution in [-0.2, 0) is 4.74 Å². The van der Waals surface area contributed by atoms with Crippen LogP contribution in [0.2, 0.25) is 0 Å². The van der Waals surface area contributed by atoms with Crippen molar-refractivity contribution in [2.24, 2.45) is 5.92 Å². The minimum absolute atomic E-state index is 0.0792. The molecular formula is C20H23N5O2. The van der Waals surface area contributed by atoms with Crippen molar-refractivity contribution < 1.29 is 9.53 Å². The Morgan fingerprint density at radius 3 is 2.93 bits per heavy atom. The Morgan fingerprint density at radius 2 is 2.11 bits per heavy atom. The van der Waals surface area contributed by atoms with Crippen molar-refractivity contribution in [3.05, 3.63) is 48.3 Å². The van der Waals surface area contributed by atoms with Gasteiger partial charge < -0.3 is 9.64 Å². The summed E-state index contributed by atoms with van der Waals surface area (Å²) in [6, 6.07) is 9.39. The largest absolute Gasteiger partial charge is 0.381 e. The molecule has 1 fully saturated rings. The molecule has 1 aliphatic heterocycles. The molecule has 3 aromatic rings. The Hall–Kier alpha value is -2.80. The van der Waals surface area contributed by atoms with E-state index in [9.17, 15) is 4.79 Å². The molecule has 140 valence electrons. The zero-order valence-electron chi connectivity index (χ0n) is 15.4. The fourth-order valence-electron chi connectivity index (χ4n) is 3.55. The zero-order valence-corrected chi connectivity index (χ0v) is 15.4. The maximum absolute atomic E-state index is 12.9. The van der Waals surface area contributed by atoms with Crippen LogP contribution in [0, 0.1) is 5.92 Å². The molecule has 0 bridgehead atoms. The molecule has 1 saturated heterocycles. The predicted octanol–water partition coefficient (Wildman–Crippen LogP) is 2.68. The van der Waals surface area contributed by atoms with Crippen LogP contribution in [0.5, 0.6) is 0 Å². The van der Waals surface area contributed by atoms with E-state index in [1.165, 1.54) is 0 Å². The molecule has 7 heteroatoms. The summed E-state index contributed by atoms with van der Waals surface area (Å²) < 4.78 is 7.37. The van der Waals surface area contributed by atoms with Crippen LogP contribution >= 0.6 is 0 Å². The number of carbonyl (C=O) groups excluding carboxylic acids is 1. The van der Waals surface area contributed by atoms with Crippen molar-refractivity contribution in [1.82, 2.24) is 24.5 Å². The first-order valence-corrected chi connectivity index (χ1v) is 9.39. The van der Waals surface area contributed by atoms with Crippen LogP contribution < -0.4 is 0 Å². The van der Waals surface area contributed by atoms with Crippen LogP contribution in [0.3, 0.4) is 0 Å². The zero-order chi connectivity index (χ0) is 18.6. The normalized spacial score (nSPS) is 17.4. The van der Waals surface area contributed by atoms with Gasteiger partial charge in [0.15, 0.2) is 5.82 Å². The summed E-state index contributed by atoms with van der Waals surface area (Å²) in [5.41, 5.74) is 1.60. The highest BCUT2D eigenvalue weighted by Gasteiger charge is 2.24. The molecule has 1 amide bonds. The Labute approximate surface area is 158 Å². The molecule has 1 atom stereocenters. The van der Waals surface area contributed by atoms with Gasteiger partial charge in [0.25, 0.3) is 11.7 Å². The molecule has 27 heavy (non-hydrogen) atoms. The van der Waals surface area contributed by atoms with E-state index in [4.69, 9.17) is 4.74 Å². The number of carbonyl (C=O) groups is 1. The first kappa shape index (κ1) is 17.6. The van der Waals surface area contributed by atoms with Crippen LogP contribution in [0.1, 0.15) is 30.1 Å². The lowest BCUT2D eigenvalue weighted by Crippen LogP contribution is -2.41. The second-order valence-electron chi connectivity index (χ2n) is 6.81. The van der Waals surface area contributed by atoms with Crippen LogP contribution in [0.4, 0.5) is 0 Å². The summed E-state index contributed by atoms with van der Waals surface area (Å²) in [6.45, 7) is 5.03. The minimum atomic E-state index is 0.0792. The standard InChI is InChI=1S/C20H23N5O2/c1-2-27-14-15-5-3-11-24(13-15)19(26)17-8-6-16(7-9-17)18-22-23-20-21-10-4-12-25(18)20/h4,6-10,12,15H,2-3,5,11,13-14H2,1H3. The third-order valence-corrected chi connectivity index (χ3v) is 4.94. The predicted molar refractivity (Wildman–Crippen MR) is 101 cm³/mol. The van der Waals surface area contributed by atoms with Gasteiger partial charge in [-0.05, 0) is 43.9 Å². The summed E-state index contributed by atoms with van der Waals surface area (Å²) in [5.74, 6) is 1.78. The van der Waals surface area contributed by atoms with Crippen molar-refractivity contribution >= 4 is 11.7 Å². The highest BCUT2D eigenvalue weighted by Crippen LogP contribution is 2.22. The molecule has 2 aromatic heterocycles. The average molecular weight is 365 g/mol. The van der Waals surface area contributed by atoms with E-state index in [1.807, 2.05) is 52.8 Å². The Kier molecular flexibility index (Phi) is 5.11. The third-order valence-electron chi connectivity index (χ3n) is 4.94. The fraction of sp³-hybridized carbons (Fsp3) is 0.400. The van der Waals surface area contributed by atoms with Gasteiger partial charge in [0.05, 0.1) is 6.61 Å². The summed E-state index contributed by atoms with van der Waals surface area (Å²) in [4.78, 5) is 19.0. The van der Waals surface area contributed by atoms with Crippen molar-refractivity contribution in [1.29, 1.82) is 0 Å².